The Labute approximate surface area is 434 Å². The molecule has 7 fully saturated rings. The van der Waals surface area contributed by atoms with Crippen LogP contribution in [0.2, 0.25) is 0 Å². The van der Waals surface area contributed by atoms with E-state index in [1.165, 1.54) is 13.1 Å². The van der Waals surface area contributed by atoms with Gasteiger partial charge >= 0.3 is 5.97 Å². The van der Waals surface area contributed by atoms with Gasteiger partial charge in [-0.1, -0.05) is 59.6 Å². The fraction of sp³-hybridized carbons (Fsp3) is 0.906. The highest BCUT2D eigenvalue weighted by Crippen LogP contribution is 2.76. The molecule has 21 nitrogen and oxygen atoms in total. The topological polar surface area (TPSA) is 342 Å². The zero-order valence-electron chi connectivity index (χ0n) is 44.2. The quantitative estimate of drug-likeness (QED) is 0.0287. The number of hydrogen-bond acceptors (Lipinski definition) is 20. The molecule has 4 saturated carbocycles. The number of rotatable bonds is 14. The van der Waals surface area contributed by atoms with Crippen molar-refractivity contribution in [2.24, 2.45) is 61.1 Å². The lowest BCUT2D eigenvalue weighted by molar-refractivity contribution is -0.370. The van der Waals surface area contributed by atoms with E-state index in [2.05, 4.69) is 51.2 Å². The summed E-state index contributed by atoms with van der Waals surface area (Å²) in [5.41, 5.74) is 3.03. The highest BCUT2D eigenvalue weighted by molar-refractivity contribution is 5.80. The largest absolute Gasteiger partial charge is 0.432 e. The van der Waals surface area contributed by atoms with Gasteiger partial charge in [-0.15, -0.1) is 5.16 Å². The highest BCUT2D eigenvalue weighted by Gasteiger charge is 2.72. The molecular weight excluding hydrogens is 967 g/mol. The molecule has 3 heterocycles. The monoisotopic (exact) mass is 1050 g/mol. The Morgan fingerprint density at radius 1 is 0.797 bits per heavy atom. The van der Waals surface area contributed by atoms with Gasteiger partial charge in [0.2, 0.25) is 12.2 Å². The Hall–Kier alpha value is -2.45. The predicted octanol–water partition coefficient (Wildman–Crippen LogP) is 0.861. The van der Waals surface area contributed by atoms with Crippen LogP contribution in [0.4, 0.5) is 0 Å². The normalized spacial score (nSPS) is 50.1. The first-order valence-corrected chi connectivity index (χ1v) is 27.2. The maximum absolute atomic E-state index is 15.6. The summed E-state index contributed by atoms with van der Waals surface area (Å²) in [7, 11) is 0. The van der Waals surface area contributed by atoms with Crippen LogP contribution in [-0.2, 0) is 38.0 Å². The van der Waals surface area contributed by atoms with E-state index in [9.17, 15) is 56.0 Å². The molecular formula is C53H87N3O18. The number of nitrogens with zero attached hydrogens (tertiary/aromatic N) is 1. The third kappa shape index (κ3) is 9.70. The summed E-state index contributed by atoms with van der Waals surface area (Å²) in [6, 6.07) is -1.34. The molecule has 0 aromatic heterocycles. The fourth-order valence-electron chi connectivity index (χ4n) is 15.8. The van der Waals surface area contributed by atoms with Gasteiger partial charge in [-0.2, -0.15) is 0 Å². The number of unbranched alkanes of at least 4 members (excludes halogenated alkanes) is 2. The molecule has 21 heteroatoms. The van der Waals surface area contributed by atoms with Crippen molar-refractivity contribution < 1.29 is 89.2 Å². The summed E-state index contributed by atoms with van der Waals surface area (Å²) >= 11 is 0. The first kappa shape index (κ1) is 57.7. The Morgan fingerprint density at radius 3 is 2.19 bits per heavy atom. The molecule has 1 amide bonds. The second-order valence-corrected chi connectivity index (χ2v) is 25.1. The second kappa shape index (κ2) is 21.6. The van der Waals surface area contributed by atoms with Gasteiger partial charge in [0.05, 0.1) is 43.8 Å². The number of oxime groups is 1. The smallest absolute Gasteiger partial charge is 0.317 e. The van der Waals surface area contributed by atoms with Crippen LogP contribution < -0.4 is 11.1 Å². The molecule has 0 radical (unpaired) electrons. The summed E-state index contributed by atoms with van der Waals surface area (Å²) in [4.78, 5) is 29.0. The van der Waals surface area contributed by atoms with E-state index < -0.39 is 145 Å². The number of esters is 1. The Balaban J connectivity index is 1.10. The number of allylic oxidation sites excluding steroid dienone is 2. The molecule has 3 aliphatic heterocycles. The van der Waals surface area contributed by atoms with Crippen molar-refractivity contribution in [1.29, 1.82) is 0 Å². The van der Waals surface area contributed by atoms with E-state index in [1.54, 1.807) is 0 Å². The number of ether oxygens (including phenoxy) is 6. The molecule has 0 aromatic rings. The number of nitrogens with two attached hydrogens (primary N) is 1. The zero-order chi connectivity index (χ0) is 54.1. The number of fused-ring (bicyclic) bond motifs is 7. The van der Waals surface area contributed by atoms with Gasteiger partial charge in [0, 0.05) is 11.8 Å². The molecule has 0 aromatic carbocycles. The van der Waals surface area contributed by atoms with Crippen LogP contribution in [0.3, 0.4) is 0 Å². The first-order chi connectivity index (χ1) is 34.8. The Morgan fingerprint density at radius 2 is 1.50 bits per heavy atom. The lowest BCUT2D eigenvalue weighted by Gasteiger charge is -2.71. The lowest BCUT2D eigenvalue weighted by Crippen LogP contribution is -2.69. The molecule has 13 unspecified atom stereocenters. The first-order valence-electron chi connectivity index (χ1n) is 27.2. The van der Waals surface area contributed by atoms with Crippen molar-refractivity contribution in [1.82, 2.24) is 5.32 Å². The number of carbonyl (C=O) groups excluding carboxylic acids is 2. The van der Waals surface area contributed by atoms with Gasteiger partial charge in [0.15, 0.2) is 18.7 Å². The zero-order valence-corrected chi connectivity index (χ0v) is 44.2. The Kier molecular flexibility index (Phi) is 16.9. The number of aliphatic hydroxyl groups excluding tert-OH is 9. The van der Waals surface area contributed by atoms with Crippen LogP contribution in [0.15, 0.2) is 16.8 Å². The summed E-state index contributed by atoms with van der Waals surface area (Å²) in [5.74, 6) is -1.64. The SMILES string of the molecule is CC1O[C@@H](OC2C(O)C(NC(=O)CCCCCN)[C@H](CO)O[C@H]2OC(=O)[C@]23CCC(C)(C)CC2C2=CCC4C5(C)CC[C@H](O)[C@](C)(/C=N/O)[C@@H]5CCC4(C)[C@]2(C)CC3O)C(O)C(O)[C@H]1O[C@@H]1OC[C@@H](O)C(O)C1O. The molecule has 422 valence electrons. The van der Waals surface area contributed by atoms with Crippen molar-refractivity contribution in [2.45, 2.75) is 230 Å². The summed E-state index contributed by atoms with van der Waals surface area (Å²) in [6.07, 6.45) is -12.1. The van der Waals surface area contributed by atoms with Gasteiger partial charge in [0.1, 0.15) is 54.2 Å². The number of amides is 1. The number of nitrogens with one attached hydrogen (secondary N) is 1. The minimum Gasteiger partial charge on any atom is -0.432 e. The number of carbonyl (C=O) groups is 2. The van der Waals surface area contributed by atoms with E-state index in [4.69, 9.17) is 34.2 Å². The van der Waals surface area contributed by atoms with Gasteiger partial charge in [-0.25, -0.2) is 0 Å². The van der Waals surface area contributed by atoms with E-state index in [0.29, 0.717) is 51.5 Å². The van der Waals surface area contributed by atoms with Crippen molar-refractivity contribution in [3.63, 3.8) is 0 Å². The van der Waals surface area contributed by atoms with Gasteiger partial charge in [-0.05, 0) is 124 Å². The number of hydrogen-bond donors (Lipinski definition) is 12. The fourth-order valence-corrected chi connectivity index (χ4v) is 15.8. The highest BCUT2D eigenvalue weighted by atomic mass is 16.8. The third-order valence-electron chi connectivity index (χ3n) is 20.4. The van der Waals surface area contributed by atoms with Crippen molar-refractivity contribution in [3.05, 3.63) is 11.6 Å². The standard InChI is InChI=1S/C53H87N3O18/c1-26-42(72-44-40(65)37(62)29(58)24-69-44)39(64)41(66)45(70-26)73-43-38(63)36(56-35(61)11-9-8-10-20-54)30(23-57)71-46(43)74-47(67)53-19-18-48(2,3)21-28(53)27-12-13-32-49(4)16-15-33(59)50(5,25-55-68)31(49)14-17-51(32,6)52(27,7)22-34(53)60/h12,25-26,28-34,36-46,57-60,62-66,68H,8-11,13-24,54H2,1-7H3,(H,56,61)/b55-25+/t26?,28?,29-,30+,31-,32?,33+,34?,36?,37?,38?,39?,40?,41?,42+,43?,44+,45+,46+,49?,50-,51?,52-,53-/m1/s1. The predicted molar refractivity (Wildman–Crippen MR) is 262 cm³/mol. The molecule has 13 N–H and O–H groups in total. The molecule has 5 aliphatic carbocycles. The molecule has 74 heavy (non-hydrogen) atoms. The van der Waals surface area contributed by atoms with Crippen molar-refractivity contribution in [2.75, 3.05) is 19.8 Å². The van der Waals surface area contributed by atoms with Crippen LogP contribution in [0.5, 0.6) is 0 Å². The maximum atomic E-state index is 15.6. The van der Waals surface area contributed by atoms with Crippen molar-refractivity contribution >= 4 is 18.1 Å². The van der Waals surface area contributed by atoms with Crippen molar-refractivity contribution in [3.8, 4) is 0 Å². The molecule has 8 aliphatic rings. The molecule has 8 rings (SSSR count). The van der Waals surface area contributed by atoms with Crippen LogP contribution >= 0.6 is 0 Å². The summed E-state index contributed by atoms with van der Waals surface area (Å²) in [5, 5.41) is 117. The average molecular weight is 1050 g/mol. The maximum Gasteiger partial charge on any atom is 0.317 e. The van der Waals surface area contributed by atoms with Crippen LogP contribution in [0.25, 0.3) is 0 Å². The number of aliphatic hydroxyl groups is 9. The molecule has 3 saturated heterocycles. The van der Waals surface area contributed by atoms with Crippen LogP contribution in [0, 0.1) is 50.2 Å². The molecule has 0 spiro atoms. The van der Waals surface area contributed by atoms with Crippen LogP contribution in [-0.4, -0.2) is 187 Å². The van der Waals surface area contributed by atoms with Gasteiger partial charge in [0.25, 0.3) is 0 Å². The second-order valence-electron chi connectivity index (χ2n) is 25.1. The van der Waals surface area contributed by atoms with Gasteiger partial charge in [-0.3, -0.25) is 9.59 Å². The minimum atomic E-state index is -1.93. The van der Waals surface area contributed by atoms with E-state index >= 15 is 4.79 Å². The third-order valence-corrected chi connectivity index (χ3v) is 20.4. The Bertz CT molecular complexity index is 2070. The summed E-state index contributed by atoms with van der Waals surface area (Å²) < 4.78 is 36.3. The molecule has 24 atom stereocenters. The summed E-state index contributed by atoms with van der Waals surface area (Å²) in [6.45, 7) is 13.9. The molecule has 0 bridgehead atoms. The van der Waals surface area contributed by atoms with Gasteiger partial charge < -0.3 is 90.6 Å². The van der Waals surface area contributed by atoms with E-state index in [0.717, 1.165) is 24.8 Å². The van der Waals surface area contributed by atoms with Crippen LogP contribution in [0.1, 0.15) is 132 Å². The average Bonchev–Trinajstić information content (AvgIpc) is 3.34. The van der Waals surface area contributed by atoms with E-state index in [1.807, 2.05) is 6.92 Å². The minimum absolute atomic E-state index is 0.0258. The van der Waals surface area contributed by atoms with E-state index in [-0.39, 0.29) is 47.3 Å². The lowest BCUT2D eigenvalue weighted by atomic mass is 9.33.